The lowest BCUT2D eigenvalue weighted by atomic mass is 10.0. The number of carbonyl (C=O) groups is 2. The van der Waals surface area contributed by atoms with E-state index in [1.54, 1.807) is 6.07 Å². The molecule has 1 atom stereocenters. The fraction of sp³-hybridized carbons (Fsp3) is 0.0714. The van der Waals surface area contributed by atoms with Crippen LogP contribution in [0.5, 0.6) is 0 Å². The van der Waals surface area contributed by atoms with Gasteiger partial charge >= 0.3 is 5.97 Å². The number of nitrogens with one attached hydrogen (secondary N) is 2. The first-order valence-electron chi connectivity index (χ1n) is 11.5. The molecule has 0 heterocycles. The molecule has 0 aliphatic rings. The number of rotatable bonds is 9. The summed E-state index contributed by atoms with van der Waals surface area (Å²) in [5.41, 5.74) is 2.63. The normalized spacial score (nSPS) is 12.0. The Hall–Kier alpha value is -3.12. The number of hydrogen-bond donors (Lipinski definition) is 3. The minimum Gasteiger partial charge on any atom is -0.480 e. The number of halogens is 3. The van der Waals surface area contributed by atoms with E-state index in [1.807, 2.05) is 77.2 Å². The van der Waals surface area contributed by atoms with Crippen molar-refractivity contribution in [2.24, 2.45) is 0 Å². The van der Waals surface area contributed by atoms with Crippen molar-refractivity contribution in [3.8, 4) is 11.1 Å². The molecular weight excluding hydrogens is 674 g/mol. The zero-order chi connectivity index (χ0) is 28.2. The molecule has 11 heteroatoms. The molecule has 4 aromatic carbocycles. The van der Waals surface area contributed by atoms with E-state index in [4.69, 9.17) is 23.2 Å². The fourth-order valence-electron chi connectivity index (χ4n) is 3.81. The Balaban J connectivity index is 1.55. The molecule has 3 N–H and O–H groups in total. The quantitative estimate of drug-likeness (QED) is 0.174. The molecule has 0 fully saturated rings. The van der Waals surface area contributed by atoms with Crippen LogP contribution in [-0.2, 0) is 21.2 Å². The molecule has 39 heavy (non-hydrogen) atoms. The number of hydrogen-bond acceptors (Lipinski definition) is 4. The predicted molar refractivity (Wildman–Crippen MR) is 161 cm³/mol. The number of anilines is 1. The first-order valence-corrected chi connectivity index (χ1v) is 14.8. The van der Waals surface area contributed by atoms with Gasteiger partial charge in [0.2, 0.25) is 0 Å². The third-order valence-corrected chi connectivity index (χ3v) is 8.51. The lowest BCUT2D eigenvalue weighted by molar-refractivity contribution is -0.139. The number of carboxylic acids is 1. The Morgan fingerprint density at radius 3 is 2.21 bits per heavy atom. The molecule has 0 radical (unpaired) electrons. The van der Waals surface area contributed by atoms with Crippen LogP contribution < -0.4 is 10.0 Å². The summed E-state index contributed by atoms with van der Waals surface area (Å²) in [6.07, 6.45) is 0.0270. The molecule has 0 aliphatic carbocycles. The SMILES string of the molecule is O=C(N[C@@H](Cc1ccc(-c2ccccc2)cc1)C(=O)O)c1cc(I)ccc1NS(=O)(=O)c1cc(Cl)ccc1Cl. The molecule has 4 aromatic rings. The predicted octanol–water partition coefficient (Wildman–Crippen LogP) is 6.49. The van der Waals surface area contributed by atoms with Crippen molar-refractivity contribution in [3.05, 3.63) is 116 Å². The highest BCUT2D eigenvalue weighted by Crippen LogP contribution is 2.29. The Morgan fingerprint density at radius 1 is 0.872 bits per heavy atom. The van der Waals surface area contributed by atoms with Gasteiger partial charge in [-0.1, -0.05) is 77.8 Å². The van der Waals surface area contributed by atoms with Crippen molar-refractivity contribution in [2.45, 2.75) is 17.4 Å². The van der Waals surface area contributed by atoms with Crippen molar-refractivity contribution in [1.82, 2.24) is 5.32 Å². The van der Waals surface area contributed by atoms with Crippen molar-refractivity contribution < 1.29 is 23.1 Å². The van der Waals surface area contributed by atoms with Crippen LogP contribution in [0.3, 0.4) is 0 Å². The number of carbonyl (C=O) groups excluding carboxylic acids is 1. The average molecular weight is 695 g/mol. The van der Waals surface area contributed by atoms with Gasteiger partial charge in [0.15, 0.2) is 0 Å². The highest BCUT2D eigenvalue weighted by atomic mass is 127. The van der Waals surface area contributed by atoms with Crippen LogP contribution in [0.1, 0.15) is 15.9 Å². The van der Waals surface area contributed by atoms with Crippen LogP contribution in [0.4, 0.5) is 5.69 Å². The summed E-state index contributed by atoms with van der Waals surface area (Å²) in [6.45, 7) is 0. The average Bonchev–Trinajstić information content (AvgIpc) is 2.91. The fourth-order valence-corrected chi connectivity index (χ4v) is 6.15. The lowest BCUT2D eigenvalue weighted by Crippen LogP contribution is -2.42. The molecule has 0 spiro atoms. The maximum atomic E-state index is 13.2. The number of aliphatic carboxylic acids is 1. The van der Waals surface area contributed by atoms with Gasteiger partial charge in [0.1, 0.15) is 10.9 Å². The van der Waals surface area contributed by atoms with Crippen LogP contribution >= 0.6 is 45.8 Å². The molecule has 0 aromatic heterocycles. The highest BCUT2D eigenvalue weighted by Gasteiger charge is 2.25. The van der Waals surface area contributed by atoms with Gasteiger partial charge in [-0.15, -0.1) is 0 Å². The van der Waals surface area contributed by atoms with Gasteiger partial charge in [-0.2, -0.15) is 0 Å². The van der Waals surface area contributed by atoms with Crippen molar-refractivity contribution in [1.29, 1.82) is 0 Å². The minimum absolute atomic E-state index is 0.0270. The topological polar surface area (TPSA) is 113 Å². The standard InChI is InChI=1S/C28H21Cl2IN2O5S/c29-20-10-12-23(30)26(15-20)39(37,38)33-24-13-11-21(31)16-22(24)27(34)32-25(28(35)36)14-17-6-8-19(9-7-17)18-4-2-1-3-5-18/h1-13,15-16,25,33H,14H2,(H,32,34)(H,35,36)/t25-/m0/s1. The summed E-state index contributed by atoms with van der Waals surface area (Å²) in [5, 5.41) is 12.5. The Bertz CT molecular complexity index is 1630. The smallest absolute Gasteiger partial charge is 0.326 e. The van der Waals surface area contributed by atoms with E-state index in [2.05, 4.69) is 10.0 Å². The third-order valence-electron chi connectivity index (χ3n) is 5.76. The number of sulfonamides is 1. The van der Waals surface area contributed by atoms with Crippen LogP contribution in [-0.4, -0.2) is 31.4 Å². The van der Waals surface area contributed by atoms with Gasteiger partial charge < -0.3 is 10.4 Å². The monoisotopic (exact) mass is 694 g/mol. The molecule has 0 aliphatic heterocycles. The summed E-state index contributed by atoms with van der Waals surface area (Å²) >= 11 is 14.0. The molecule has 0 saturated carbocycles. The van der Waals surface area contributed by atoms with E-state index in [-0.39, 0.29) is 32.6 Å². The van der Waals surface area contributed by atoms with E-state index in [0.29, 0.717) is 9.13 Å². The lowest BCUT2D eigenvalue weighted by Gasteiger charge is -2.18. The molecule has 7 nitrogen and oxygen atoms in total. The zero-order valence-electron chi connectivity index (χ0n) is 20.1. The van der Waals surface area contributed by atoms with Crippen molar-refractivity contribution >= 4 is 73.4 Å². The molecular formula is C28H21Cl2IN2O5S. The van der Waals surface area contributed by atoms with Crippen molar-refractivity contribution in [2.75, 3.05) is 4.72 Å². The van der Waals surface area contributed by atoms with Crippen molar-refractivity contribution in [3.63, 3.8) is 0 Å². The maximum absolute atomic E-state index is 13.2. The van der Waals surface area contributed by atoms with Crippen LogP contribution in [0.2, 0.25) is 10.0 Å². The molecule has 4 rings (SSSR count). The summed E-state index contributed by atoms with van der Waals surface area (Å²) in [6, 6.07) is 24.4. The van der Waals surface area contributed by atoms with Crippen LogP contribution in [0.15, 0.2) is 95.9 Å². The maximum Gasteiger partial charge on any atom is 0.326 e. The zero-order valence-corrected chi connectivity index (χ0v) is 24.6. The van der Waals surface area contributed by atoms with Gasteiger partial charge in [0, 0.05) is 15.0 Å². The van der Waals surface area contributed by atoms with E-state index in [9.17, 15) is 23.1 Å². The second kappa shape index (κ2) is 12.4. The Labute approximate surface area is 249 Å². The highest BCUT2D eigenvalue weighted by molar-refractivity contribution is 14.1. The largest absolute Gasteiger partial charge is 0.480 e. The van der Waals surface area contributed by atoms with Gasteiger partial charge in [0.25, 0.3) is 15.9 Å². The van der Waals surface area contributed by atoms with Crippen LogP contribution in [0.25, 0.3) is 11.1 Å². The molecule has 200 valence electrons. The molecule has 1 amide bonds. The van der Waals surface area contributed by atoms with Gasteiger partial charge in [-0.3, -0.25) is 9.52 Å². The number of benzene rings is 4. The summed E-state index contributed by atoms with van der Waals surface area (Å²) in [7, 11) is -4.22. The number of amides is 1. The van der Waals surface area contributed by atoms with Gasteiger partial charge in [-0.25, -0.2) is 13.2 Å². The second-order valence-electron chi connectivity index (χ2n) is 8.50. The first kappa shape index (κ1) is 28.9. The third kappa shape index (κ3) is 7.30. The first-order chi connectivity index (χ1) is 18.5. The summed E-state index contributed by atoms with van der Waals surface area (Å²) in [5.74, 6) is -1.98. The van der Waals surface area contributed by atoms with Gasteiger partial charge in [0.05, 0.1) is 16.3 Å². The molecule has 0 bridgehead atoms. The molecule has 0 saturated heterocycles. The van der Waals surface area contributed by atoms with Gasteiger partial charge in [-0.05, 0) is 75.7 Å². The van der Waals surface area contributed by atoms with Crippen LogP contribution in [0, 0.1) is 3.57 Å². The Morgan fingerprint density at radius 2 is 1.54 bits per heavy atom. The van der Waals surface area contributed by atoms with E-state index in [0.717, 1.165) is 11.1 Å². The van der Waals surface area contributed by atoms with E-state index < -0.39 is 27.9 Å². The van der Waals surface area contributed by atoms with E-state index in [1.165, 1.54) is 30.3 Å². The second-order valence-corrected chi connectivity index (χ2v) is 12.2. The van der Waals surface area contributed by atoms with E-state index >= 15 is 0 Å². The summed E-state index contributed by atoms with van der Waals surface area (Å²) in [4.78, 5) is 25.0. The molecule has 0 unspecified atom stereocenters. The Kier molecular flexibility index (Phi) is 9.16. The minimum atomic E-state index is -4.22. The number of carboxylic acid groups (broad SMARTS) is 1. The summed E-state index contributed by atoms with van der Waals surface area (Å²) < 4.78 is 29.1.